The van der Waals surface area contributed by atoms with E-state index in [9.17, 15) is 9.59 Å². The molecule has 2 aromatic heterocycles. The molecule has 0 atom stereocenters. The maximum Gasteiger partial charge on any atom is 0.307 e. The van der Waals surface area contributed by atoms with E-state index in [4.69, 9.17) is 0 Å². The Morgan fingerprint density at radius 2 is 2.15 bits per heavy atom. The summed E-state index contributed by atoms with van der Waals surface area (Å²) in [6, 6.07) is 0. The van der Waals surface area contributed by atoms with E-state index in [1.54, 1.807) is 10.8 Å². The molecule has 1 N–H and O–H groups in total. The van der Waals surface area contributed by atoms with Gasteiger partial charge >= 0.3 is 4.87 Å². The van der Waals surface area contributed by atoms with Crippen LogP contribution in [0.1, 0.15) is 28.8 Å². The van der Waals surface area contributed by atoms with Crippen LogP contribution in [0.5, 0.6) is 0 Å². The molecule has 0 aliphatic heterocycles. The van der Waals surface area contributed by atoms with Crippen molar-refractivity contribution in [1.82, 2.24) is 9.55 Å². The Morgan fingerprint density at radius 1 is 1.40 bits per heavy atom. The monoisotopic (exact) mass is 311 g/mol. The minimum absolute atomic E-state index is 0.00434. The molecule has 2 rings (SSSR count). The molecule has 0 saturated heterocycles. The summed E-state index contributed by atoms with van der Waals surface area (Å²) in [6.07, 6.45) is 2.96. The van der Waals surface area contributed by atoms with Crippen LogP contribution >= 0.6 is 22.7 Å². The van der Waals surface area contributed by atoms with E-state index in [0.29, 0.717) is 11.7 Å². The van der Waals surface area contributed by atoms with Gasteiger partial charge in [0.1, 0.15) is 0 Å². The van der Waals surface area contributed by atoms with Crippen molar-refractivity contribution in [3.8, 4) is 0 Å². The Morgan fingerprint density at radius 3 is 2.70 bits per heavy atom. The number of carbonyl (C=O) groups excluding carboxylic acids is 1. The van der Waals surface area contributed by atoms with Crippen molar-refractivity contribution >= 4 is 33.7 Å². The Labute approximate surface area is 125 Å². The van der Waals surface area contributed by atoms with E-state index in [1.165, 1.54) is 22.7 Å². The number of amides is 1. The first kappa shape index (κ1) is 14.9. The zero-order valence-corrected chi connectivity index (χ0v) is 13.4. The third-order valence-electron chi connectivity index (χ3n) is 3.09. The average molecular weight is 311 g/mol. The van der Waals surface area contributed by atoms with Gasteiger partial charge < -0.3 is 9.88 Å². The van der Waals surface area contributed by atoms with Crippen molar-refractivity contribution in [2.24, 2.45) is 0 Å². The molecule has 5 nitrogen and oxygen atoms in total. The number of anilines is 1. The number of thiazole rings is 2. The van der Waals surface area contributed by atoms with E-state index in [-0.39, 0.29) is 17.2 Å². The van der Waals surface area contributed by atoms with Crippen LogP contribution < -0.4 is 10.2 Å². The molecule has 0 bridgehead atoms. The second-order valence-corrected chi connectivity index (χ2v) is 6.73. The molecule has 0 spiro atoms. The van der Waals surface area contributed by atoms with Crippen molar-refractivity contribution in [2.45, 2.75) is 40.2 Å². The Kier molecular flexibility index (Phi) is 4.72. The smallest absolute Gasteiger partial charge is 0.303 e. The van der Waals surface area contributed by atoms with Crippen molar-refractivity contribution in [3.05, 3.63) is 31.3 Å². The lowest BCUT2D eigenvalue weighted by atomic mass is 10.3. The molecular formula is C13H17N3O2S2. The largest absolute Gasteiger partial charge is 0.307 e. The molecule has 0 aliphatic carbocycles. The maximum atomic E-state index is 11.9. The van der Waals surface area contributed by atoms with Gasteiger partial charge in [0.05, 0.1) is 0 Å². The van der Waals surface area contributed by atoms with Crippen LogP contribution in [0, 0.1) is 13.8 Å². The van der Waals surface area contributed by atoms with E-state index < -0.39 is 0 Å². The lowest BCUT2D eigenvalue weighted by Crippen LogP contribution is -2.20. The van der Waals surface area contributed by atoms with Crippen molar-refractivity contribution in [3.63, 3.8) is 0 Å². The van der Waals surface area contributed by atoms with Gasteiger partial charge in [-0.05, 0) is 20.3 Å². The summed E-state index contributed by atoms with van der Waals surface area (Å²) < 4.78 is 1.65. The lowest BCUT2D eigenvalue weighted by Gasteiger charge is -2.04. The van der Waals surface area contributed by atoms with Crippen LogP contribution in [0.2, 0.25) is 0 Å². The second kappa shape index (κ2) is 6.32. The van der Waals surface area contributed by atoms with Crippen LogP contribution in [0.3, 0.4) is 0 Å². The van der Waals surface area contributed by atoms with Gasteiger partial charge in [-0.3, -0.25) is 9.59 Å². The third kappa shape index (κ3) is 3.34. The molecule has 2 heterocycles. The fraction of sp³-hybridized carbons (Fsp3) is 0.462. The molecule has 0 aliphatic rings. The fourth-order valence-electron chi connectivity index (χ4n) is 1.77. The molecule has 0 fully saturated rings. The number of aryl methyl sites for hydroxylation is 2. The molecule has 1 amide bonds. The quantitative estimate of drug-likeness (QED) is 0.923. The molecule has 108 valence electrons. The van der Waals surface area contributed by atoms with Gasteiger partial charge in [0.25, 0.3) is 0 Å². The second-order valence-electron chi connectivity index (χ2n) is 4.44. The minimum atomic E-state index is -0.114. The van der Waals surface area contributed by atoms with Crippen molar-refractivity contribution in [2.75, 3.05) is 5.32 Å². The highest BCUT2D eigenvalue weighted by Crippen LogP contribution is 2.18. The van der Waals surface area contributed by atoms with Crippen LogP contribution in [0.25, 0.3) is 0 Å². The molecule has 2 aromatic rings. The summed E-state index contributed by atoms with van der Waals surface area (Å²) in [5.74, 6) is -0.114. The highest BCUT2D eigenvalue weighted by atomic mass is 32.1. The topological polar surface area (TPSA) is 64.0 Å². The Hall–Kier alpha value is -1.47. The molecular weight excluding hydrogens is 294 g/mol. The summed E-state index contributed by atoms with van der Waals surface area (Å²) in [4.78, 5) is 29.8. The summed E-state index contributed by atoms with van der Waals surface area (Å²) in [7, 11) is 0. The van der Waals surface area contributed by atoms with E-state index >= 15 is 0 Å². The molecule has 0 aromatic carbocycles. The molecule has 7 heteroatoms. The van der Waals surface area contributed by atoms with Gasteiger partial charge in [0.2, 0.25) is 5.91 Å². The highest BCUT2D eigenvalue weighted by Gasteiger charge is 2.10. The zero-order valence-electron chi connectivity index (χ0n) is 11.7. The summed E-state index contributed by atoms with van der Waals surface area (Å²) in [5, 5.41) is 3.39. The van der Waals surface area contributed by atoms with Crippen LogP contribution in [-0.2, 0) is 17.8 Å². The highest BCUT2D eigenvalue weighted by molar-refractivity contribution is 7.15. The van der Waals surface area contributed by atoms with Crippen molar-refractivity contribution in [1.29, 1.82) is 0 Å². The molecule has 0 radical (unpaired) electrons. The number of hydrogen-bond donors (Lipinski definition) is 1. The summed E-state index contributed by atoms with van der Waals surface area (Å²) in [5.41, 5.74) is 0.940. The predicted molar refractivity (Wildman–Crippen MR) is 82.8 cm³/mol. The van der Waals surface area contributed by atoms with Crippen LogP contribution in [-0.4, -0.2) is 15.5 Å². The fourth-order valence-corrected chi connectivity index (χ4v) is 3.40. The molecule has 0 saturated carbocycles. The first-order valence-electron chi connectivity index (χ1n) is 6.42. The van der Waals surface area contributed by atoms with E-state index in [2.05, 4.69) is 10.3 Å². The third-order valence-corrected chi connectivity index (χ3v) is 5.14. The molecule has 0 unspecified atom stereocenters. The first-order valence-corrected chi connectivity index (χ1v) is 8.06. The normalized spacial score (nSPS) is 10.8. The predicted octanol–water partition coefficient (Wildman–Crippen LogP) is 2.57. The first-order chi connectivity index (χ1) is 9.51. The Bertz CT molecular complexity index is 669. The van der Waals surface area contributed by atoms with E-state index in [1.807, 2.05) is 20.8 Å². The average Bonchev–Trinajstić information content (AvgIpc) is 2.94. The van der Waals surface area contributed by atoms with E-state index in [0.717, 1.165) is 21.9 Å². The van der Waals surface area contributed by atoms with Crippen LogP contribution in [0.4, 0.5) is 5.13 Å². The van der Waals surface area contributed by atoms with Crippen LogP contribution in [0.15, 0.2) is 11.0 Å². The van der Waals surface area contributed by atoms with Gasteiger partial charge in [-0.25, -0.2) is 4.98 Å². The van der Waals surface area contributed by atoms with Gasteiger partial charge in [0.15, 0.2) is 5.13 Å². The lowest BCUT2D eigenvalue weighted by molar-refractivity contribution is -0.116. The maximum absolute atomic E-state index is 11.9. The number of hydrogen-bond acceptors (Lipinski definition) is 5. The Balaban J connectivity index is 1.93. The number of nitrogens with one attached hydrogen (secondary N) is 1. The van der Waals surface area contributed by atoms with Gasteiger partial charge in [-0.1, -0.05) is 18.3 Å². The number of aromatic nitrogens is 2. The zero-order chi connectivity index (χ0) is 14.7. The molecule has 20 heavy (non-hydrogen) atoms. The number of rotatable bonds is 5. The SMILES string of the molecule is CCc1cnc(NC(=O)CCn2c(C)c(C)sc2=O)s1. The minimum Gasteiger partial charge on any atom is -0.303 e. The van der Waals surface area contributed by atoms with Gasteiger partial charge in [0, 0.05) is 34.6 Å². The van der Waals surface area contributed by atoms with Crippen molar-refractivity contribution < 1.29 is 4.79 Å². The summed E-state index contributed by atoms with van der Waals surface area (Å²) >= 11 is 2.71. The van der Waals surface area contributed by atoms with Gasteiger partial charge in [-0.2, -0.15) is 0 Å². The standard InChI is InChI=1S/C13H17N3O2S2/c1-4-10-7-14-12(20-10)15-11(17)5-6-16-8(2)9(3)19-13(16)18/h7H,4-6H2,1-3H3,(H,14,15,17). The summed E-state index contributed by atoms with van der Waals surface area (Å²) in [6.45, 7) is 6.28. The number of nitrogens with zero attached hydrogens (tertiary/aromatic N) is 2. The van der Waals surface area contributed by atoms with Gasteiger partial charge in [-0.15, -0.1) is 11.3 Å². The number of carbonyl (C=O) groups is 1.